The van der Waals surface area contributed by atoms with E-state index >= 15 is 0 Å². The SMILES string of the molecule is Cc1cc(Nc2cc(OCCO)nc(NC3C4CC5CC3C(OC(=O)C(F)(F)F)C(O)(C5)C4)n2)n[nH]1. The van der Waals surface area contributed by atoms with Gasteiger partial charge < -0.3 is 30.3 Å². The number of carbonyl (C=O) groups excluding carboxylic acids is 1. The Morgan fingerprint density at radius 2 is 2.06 bits per heavy atom. The molecular formula is C22H27F3N6O5. The van der Waals surface area contributed by atoms with Crippen molar-refractivity contribution in [3.8, 4) is 5.88 Å². The smallest absolute Gasteiger partial charge is 0.475 e. The maximum absolute atomic E-state index is 13.0. The molecule has 2 aromatic rings. The Bertz CT molecular complexity index is 1130. The van der Waals surface area contributed by atoms with Gasteiger partial charge in [0, 0.05) is 29.8 Å². The number of anilines is 3. The van der Waals surface area contributed by atoms with Crippen molar-refractivity contribution in [1.82, 2.24) is 20.2 Å². The Balaban J connectivity index is 1.41. The van der Waals surface area contributed by atoms with Crippen LogP contribution in [0, 0.1) is 24.7 Å². The molecule has 6 atom stereocenters. The van der Waals surface area contributed by atoms with Crippen molar-refractivity contribution >= 4 is 23.6 Å². The number of hydrogen-bond donors (Lipinski definition) is 5. The Morgan fingerprint density at radius 3 is 2.75 bits per heavy atom. The van der Waals surface area contributed by atoms with E-state index in [2.05, 4.69) is 30.8 Å². The van der Waals surface area contributed by atoms with E-state index in [0.29, 0.717) is 24.5 Å². The van der Waals surface area contributed by atoms with Crippen LogP contribution in [0.1, 0.15) is 31.4 Å². The number of ether oxygens (including phenoxy) is 2. The summed E-state index contributed by atoms with van der Waals surface area (Å²) in [6.07, 6.45) is -4.65. The predicted octanol–water partition coefficient (Wildman–Crippen LogP) is 2.06. The number of hydrogen-bond acceptors (Lipinski definition) is 10. The third-order valence-corrected chi connectivity index (χ3v) is 7.15. The molecule has 6 rings (SSSR count). The third kappa shape index (κ3) is 4.78. The maximum Gasteiger partial charge on any atom is 0.490 e. The van der Waals surface area contributed by atoms with Crippen LogP contribution in [0.4, 0.5) is 30.8 Å². The number of carbonyl (C=O) groups is 1. The Morgan fingerprint density at radius 1 is 1.25 bits per heavy atom. The molecule has 5 N–H and O–H groups in total. The van der Waals surface area contributed by atoms with Gasteiger partial charge in [-0.15, -0.1) is 0 Å². The molecule has 196 valence electrons. The van der Waals surface area contributed by atoms with E-state index in [1.807, 2.05) is 6.92 Å². The number of alkyl halides is 3. The number of rotatable bonds is 8. The van der Waals surface area contributed by atoms with Gasteiger partial charge in [-0.25, -0.2) is 4.79 Å². The van der Waals surface area contributed by atoms with E-state index in [4.69, 9.17) is 14.6 Å². The summed E-state index contributed by atoms with van der Waals surface area (Å²) >= 11 is 0. The summed E-state index contributed by atoms with van der Waals surface area (Å²) in [7, 11) is 0. The number of aliphatic hydroxyl groups excluding tert-OH is 1. The van der Waals surface area contributed by atoms with Crippen molar-refractivity contribution in [2.75, 3.05) is 23.8 Å². The highest BCUT2D eigenvalue weighted by Gasteiger charge is 2.63. The third-order valence-electron chi connectivity index (χ3n) is 7.15. The summed E-state index contributed by atoms with van der Waals surface area (Å²) in [5.41, 5.74) is -0.666. The molecule has 11 nitrogen and oxygen atoms in total. The molecule has 4 bridgehead atoms. The molecule has 4 aliphatic rings. The lowest BCUT2D eigenvalue weighted by atomic mass is 9.51. The highest BCUT2D eigenvalue weighted by Crippen LogP contribution is 2.57. The first-order valence-corrected chi connectivity index (χ1v) is 11.7. The lowest BCUT2D eigenvalue weighted by molar-refractivity contribution is -0.249. The van der Waals surface area contributed by atoms with Gasteiger partial charge in [0.05, 0.1) is 6.61 Å². The van der Waals surface area contributed by atoms with E-state index in [0.717, 1.165) is 12.1 Å². The Kier molecular flexibility index (Phi) is 6.19. The Hall–Kier alpha value is -3.13. The predicted molar refractivity (Wildman–Crippen MR) is 118 cm³/mol. The zero-order valence-electron chi connectivity index (χ0n) is 19.4. The van der Waals surface area contributed by atoms with Crippen LogP contribution in [0.2, 0.25) is 0 Å². The average molecular weight is 512 g/mol. The number of halogens is 3. The largest absolute Gasteiger partial charge is 0.490 e. The summed E-state index contributed by atoms with van der Waals surface area (Å²) < 4.78 is 49.2. The van der Waals surface area contributed by atoms with Gasteiger partial charge in [-0.2, -0.15) is 28.2 Å². The lowest BCUT2D eigenvalue weighted by Gasteiger charge is -2.61. The quantitative estimate of drug-likeness (QED) is 0.332. The van der Waals surface area contributed by atoms with Gasteiger partial charge in [0.25, 0.3) is 0 Å². The van der Waals surface area contributed by atoms with E-state index in [1.165, 1.54) is 6.07 Å². The molecule has 0 amide bonds. The zero-order chi connectivity index (χ0) is 25.7. The molecule has 0 aromatic carbocycles. The van der Waals surface area contributed by atoms with Crippen molar-refractivity contribution in [2.45, 2.75) is 56.5 Å². The average Bonchev–Trinajstić information content (AvgIpc) is 3.20. The molecule has 6 unspecified atom stereocenters. The topological polar surface area (TPSA) is 155 Å². The van der Waals surface area contributed by atoms with Crippen LogP contribution in [0.3, 0.4) is 0 Å². The zero-order valence-corrected chi connectivity index (χ0v) is 19.4. The van der Waals surface area contributed by atoms with Gasteiger partial charge in [0.2, 0.25) is 11.8 Å². The van der Waals surface area contributed by atoms with E-state index in [1.54, 1.807) is 6.07 Å². The van der Waals surface area contributed by atoms with E-state index < -0.39 is 35.8 Å². The van der Waals surface area contributed by atoms with Crippen LogP contribution in [-0.2, 0) is 9.53 Å². The molecule has 14 heteroatoms. The molecule has 2 aromatic heterocycles. The standard InChI is InChI=1S/C22H27F3N6O5/c1-10-4-15(31-30-10)26-14-7-16(35-3-2-32)28-20(27-14)29-17-12-5-11-6-13(17)18(21(34,8-11)9-12)36-19(33)22(23,24)25/h4,7,11-13,17-18,32,34H,2-3,5-6,8-9H2,1H3,(H3,26,27,28,29,30,31). The minimum Gasteiger partial charge on any atom is -0.475 e. The van der Waals surface area contributed by atoms with Gasteiger partial charge in [-0.05, 0) is 44.4 Å². The van der Waals surface area contributed by atoms with Crippen molar-refractivity contribution in [3.63, 3.8) is 0 Å². The van der Waals surface area contributed by atoms with Gasteiger partial charge in [-0.1, -0.05) is 0 Å². The van der Waals surface area contributed by atoms with E-state index in [9.17, 15) is 23.1 Å². The maximum atomic E-state index is 13.0. The van der Waals surface area contributed by atoms with Gasteiger partial charge in [-0.3, -0.25) is 5.10 Å². The second kappa shape index (κ2) is 9.07. The first-order chi connectivity index (χ1) is 17.0. The second-order valence-corrected chi connectivity index (χ2v) is 9.82. The number of aromatic amines is 1. The van der Waals surface area contributed by atoms with Crippen molar-refractivity contribution in [1.29, 1.82) is 0 Å². The number of H-pyrrole nitrogens is 1. The second-order valence-electron chi connectivity index (χ2n) is 9.82. The van der Waals surface area contributed by atoms with Gasteiger partial charge in [0.1, 0.15) is 24.1 Å². The molecule has 4 aliphatic carbocycles. The monoisotopic (exact) mass is 512 g/mol. The molecule has 0 aliphatic heterocycles. The summed E-state index contributed by atoms with van der Waals surface area (Å²) in [5.74, 6) is -1.63. The van der Waals surface area contributed by atoms with Crippen LogP contribution in [0.5, 0.6) is 5.88 Å². The van der Waals surface area contributed by atoms with Crippen LogP contribution in [-0.4, -0.2) is 73.5 Å². The van der Waals surface area contributed by atoms with Crippen molar-refractivity contribution in [2.24, 2.45) is 17.8 Å². The summed E-state index contributed by atoms with van der Waals surface area (Å²) in [5, 5.41) is 33.4. The normalized spacial score (nSPS) is 30.8. The fourth-order valence-corrected chi connectivity index (χ4v) is 6.05. The van der Waals surface area contributed by atoms with Crippen molar-refractivity contribution in [3.05, 3.63) is 17.8 Å². The first-order valence-electron chi connectivity index (χ1n) is 11.7. The highest BCUT2D eigenvalue weighted by atomic mass is 19.4. The number of aromatic nitrogens is 4. The number of aryl methyl sites for hydroxylation is 1. The van der Waals surface area contributed by atoms with Crippen LogP contribution < -0.4 is 15.4 Å². The minimum absolute atomic E-state index is 0.00371. The van der Waals surface area contributed by atoms with Gasteiger partial charge in [0.15, 0.2) is 5.82 Å². The lowest BCUT2D eigenvalue weighted by Crippen LogP contribution is -2.68. The number of nitrogens with zero attached hydrogens (tertiary/aromatic N) is 3. The van der Waals surface area contributed by atoms with Crippen LogP contribution in [0.25, 0.3) is 0 Å². The molecule has 4 saturated carbocycles. The molecule has 2 heterocycles. The van der Waals surface area contributed by atoms with Crippen molar-refractivity contribution < 1.29 is 37.7 Å². The molecular weight excluding hydrogens is 485 g/mol. The fourth-order valence-electron chi connectivity index (χ4n) is 6.05. The highest BCUT2D eigenvalue weighted by molar-refractivity contribution is 5.76. The van der Waals surface area contributed by atoms with E-state index in [-0.39, 0.29) is 43.3 Å². The Labute approximate surface area is 203 Å². The summed E-state index contributed by atoms with van der Waals surface area (Å²) in [6, 6.07) is 2.86. The molecule has 36 heavy (non-hydrogen) atoms. The number of nitrogens with one attached hydrogen (secondary N) is 3. The first kappa shape index (κ1) is 24.6. The molecule has 4 fully saturated rings. The molecule has 0 saturated heterocycles. The number of esters is 1. The van der Waals surface area contributed by atoms with Crippen LogP contribution >= 0.6 is 0 Å². The number of aliphatic hydroxyl groups is 2. The fraction of sp³-hybridized carbons (Fsp3) is 0.636. The molecule has 0 spiro atoms. The summed E-state index contributed by atoms with van der Waals surface area (Å²) in [6.45, 7) is 1.60. The summed E-state index contributed by atoms with van der Waals surface area (Å²) in [4.78, 5) is 20.5. The molecule has 0 radical (unpaired) electrons. The minimum atomic E-state index is -5.15. The van der Waals surface area contributed by atoms with Crippen LogP contribution in [0.15, 0.2) is 12.1 Å². The van der Waals surface area contributed by atoms with Gasteiger partial charge >= 0.3 is 12.1 Å².